The number of ether oxygens (including phenoxy) is 2. The minimum Gasteiger partial charge on any atom is -0.491 e. The van der Waals surface area contributed by atoms with Gasteiger partial charge >= 0.3 is 0 Å². The topological polar surface area (TPSA) is 21.8 Å². The zero-order chi connectivity index (χ0) is 17.6. The van der Waals surface area contributed by atoms with Crippen molar-refractivity contribution in [2.24, 2.45) is 0 Å². The van der Waals surface area contributed by atoms with Crippen molar-refractivity contribution in [3.8, 4) is 5.75 Å². The Morgan fingerprint density at radius 3 is 2.20 bits per heavy atom. The van der Waals surface area contributed by atoms with Gasteiger partial charge in [-0.3, -0.25) is 0 Å². The molecule has 0 aromatic heterocycles. The van der Waals surface area contributed by atoms with E-state index < -0.39 is 0 Å². The summed E-state index contributed by atoms with van der Waals surface area (Å²) in [7, 11) is 0. The highest BCUT2D eigenvalue weighted by Crippen LogP contribution is 2.17. The van der Waals surface area contributed by atoms with Crippen LogP contribution in [0.2, 0.25) is 0 Å². The van der Waals surface area contributed by atoms with Crippen LogP contribution >= 0.6 is 0 Å². The van der Waals surface area contributed by atoms with E-state index in [9.17, 15) is 0 Å². The van der Waals surface area contributed by atoms with Crippen LogP contribution in [0.4, 0.5) is 0 Å². The van der Waals surface area contributed by atoms with Crippen molar-refractivity contribution in [2.45, 2.75) is 83.7 Å². The van der Waals surface area contributed by atoms with Crippen molar-refractivity contribution in [3.05, 3.63) is 42.0 Å². The molecule has 2 nitrogen and oxygen atoms in total. The van der Waals surface area contributed by atoms with Gasteiger partial charge < -0.3 is 9.47 Å². The zero-order valence-corrected chi connectivity index (χ0v) is 16.1. The van der Waals surface area contributed by atoms with Crippen LogP contribution in [-0.2, 0) is 11.2 Å². The predicted molar refractivity (Wildman–Crippen MR) is 106 cm³/mol. The van der Waals surface area contributed by atoms with Gasteiger partial charge in [-0.15, -0.1) is 0 Å². The standard InChI is InChI=1S/C23H36O2/c1-2-3-4-5-6-7-8-9-10-11-12-13-14-21-15-17-22(18-16-21)24-19-23-20-25-23/h3-4,15-18,23H,2,5-14,19-20H2,1H3/b4-3+. The number of hydrogen-bond acceptors (Lipinski definition) is 2. The van der Waals surface area contributed by atoms with E-state index in [-0.39, 0.29) is 0 Å². The average Bonchev–Trinajstić information content (AvgIpc) is 3.46. The monoisotopic (exact) mass is 344 g/mol. The Kier molecular flexibility index (Phi) is 10.4. The van der Waals surface area contributed by atoms with Gasteiger partial charge in [0.1, 0.15) is 18.5 Å². The average molecular weight is 345 g/mol. The van der Waals surface area contributed by atoms with E-state index in [0.717, 1.165) is 12.4 Å². The molecule has 25 heavy (non-hydrogen) atoms. The molecule has 0 bridgehead atoms. The fraction of sp³-hybridized carbons (Fsp3) is 0.652. The second-order valence-corrected chi connectivity index (χ2v) is 7.16. The number of rotatable bonds is 15. The van der Waals surface area contributed by atoms with Crippen LogP contribution in [0, 0.1) is 0 Å². The minimum absolute atomic E-state index is 0.331. The maximum Gasteiger partial charge on any atom is 0.119 e. The van der Waals surface area contributed by atoms with Gasteiger partial charge in [0, 0.05) is 0 Å². The highest BCUT2D eigenvalue weighted by atomic mass is 16.6. The summed E-state index contributed by atoms with van der Waals surface area (Å²) >= 11 is 0. The molecule has 1 fully saturated rings. The Hall–Kier alpha value is -1.28. The summed E-state index contributed by atoms with van der Waals surface area (Å²) in [4.78, 5) is 0. The Bertz CT molecular complexity index is 459. The summed E-state index contributed by atoms with van der Waals surface area (Å²) in [6.07, 6.45) is 19.6. The number of allylic oxidation sites excluding steroid dienone is 2. The second-order valence-electron chi connectivity index (χ2n) is 7.16. The molecule has 1 aromatic carbocycles. The lowest BCUT2D eigenvalue weighted by molar-refractivity contribution is 0.263. The Morgan fingerprint density at radius 2 is 1.56 bits per heavy atom. The summed E-state index contributed by atoms with van der Waals surface area (Å²) in [5, 5.41) is 0. The van der Waals surface area contributed by atoms with E-state index in [1.165, 1.54) is 76.2 Å². The SMILES string of the molecule is CC/C=C/CCCCCCCCCCc1ccc(OCC2CO2)cc1. The number of benzene rings is 1. The Balaban J connectivity index is 1.39. The lowest BCUT2D eigenvalue weighted by Gasteiger charge is -2.06. The highest BCUT2D eigenvalue weighted by Gasteiger charge is 2.22. The summed E-state index contributed by atoms with van der Waals surface area (Å²) in [6, 6.07) is 8.59. The Labute approximate surface area is 154 Å². The molecule has 2 heteroatoms. The molecule has 140 valence electrons. The van der Waals surface area contributed by atoms with E-state index in [1.54, 1.807) is 0 Å². The summed E-state index contributed by atoms with van der Waals surface area (Å²) in [6.45, 7) is 3.75. The third-order valence-corrected chi connectivity index (χ3v) is 4.75. The molecule has 1 aliphatic rings. The molecule has 0 radical (unpaired) electrons. The van der Waals surface area contributed by atoms with Crippen LogP contribution in [0.1, 0.15) is 76.7 Å². The summed E-state index contributed by atoms with van der Waals surface area (Å²) in [5.41, 5.74) is 1.43. The van der Waals surface area contributed by atoms with Gasteiger partial charge in [-0.1, -0.05) is 69.7 Å². The summed E-state index contributed by atoms with van der Waals surface area (Å²) < 4.78 is 10.8. The first-order chi connectivity index (χ1) is 12.4. The van der Waals surface area contributed by atoms with Crippen LogP contribution in [0.3, 0.4) is 0 Å². The van der Waals surface area contributed by atoms with Crippen LogP contribution in [0.15, 0.2) is 36.4 Å². The maximum absolute atomic E-state index is 5.67. The van der Waals surface area contributed by atoms with Crippen LogP contribution < -0.4 is 4.74 Å². The molecule has 0 saturated carbocycles. The number of hydrogen-bond donors (Lipinski definition) is 0. The third kappa shape index (κ3) is 10.3. The molecular formula is C23H36O2. The van der Waals surface area contributed by atoms with E-state index in [0.29, 0.717) is 12.7 Å². The second kappa shape index (κ2) is 13.0. The first-order valence-electron chi connectivity index (χ1n) is 10.4. The molecule has 0 amide bonds. The fourth-order valence-corrected chi connectivity index (χ4v) is 3.04. The van der Waals surface area contributed by atoms with Gasteiger partial charge in [-0.25, -0.2) is 0 Å². The predicted octanol–water partition coefficient (Wildman–Crippen LogP) is 6.48. The smallest absolute Gasteiger partial charge is 0.119 e. The van der Waals surface area contributed by atoms with Crippen LogP contribution in [-0.4, -0.2) is 19.3 Å². The van der Waals surface area contributed by atoms with Crippen molar-refractivity contribution in [1.29, 1.82) is 0 Å². The van der Waals surface area contributed by atoms with Gasteiger partial charge in [0.05, 0.1) is 6.61 Å². The number of aryl methyl sites for hydroxylation is 1. The van der Waals surface area contributed by atoms with E-state index >= 15 is 0 Å². The molecule has 1 atom stereocenters. The molecule has 1 aromatic rings. The van der Waals surface area contributed by atoms with E-state index in [4.69, 9.17) is 9.47 Å². The first kappa shape index (κ1) is 20.0. The highest BCUT2D eigenvalue weighted by molar-refractivity contribution is 5.27. The van der Waals surface area contributed by atoms with Crippen molar-refractivity contribution in [2.75, 3.05) is 13.2 Å². The van der Waals surface area contributed by atoms with Crippen molar-refractivity contribution < 1.29 is 9.47 Å². The van der Waals surface area contributed by atoms with E-state index in [2.05, 4.69) is 43.3 Å². The first-order valence-corrected chi connectivity index (χ1v) is 10.4. The van der Waals surface area contributed by atoms with Crippen molar-refractivity contribution >= 4 is 0 Å². The largest absolute Gasteiger partial charge is 0.491 e. The lowest BCUT2D eigenvalue weighted by Crippen LogP contribution is -2.03. The molecule has 1 unspecified atom stereocenters. The molecule has 0 aliphatic carbocycles. The molecule has 1 heterocycles. The van der Waals surface area contributed by atoms with Crippen LogP contribution in [0.5, 0.6) is 5.75 Å². The molecule has 1 saturated heterocycles. The van der Waals surface area contributed by atoms with Crippen molar-refractivity contribution in [1.82, 2.24) is 0 Å². The third-order valence-electron chi connectivity index (χ3n) is 4.75. The van der Waals surface area contributed by atoms with Crippen molar-refractivity contribution in [3.63, 3.8) is 0 Å². The molecular weight excluding hydrogens is 308 g/mol. The molecule has 1 aliphatic heterocycles. The van der Waals surface area contributed by atoms with Gasteiger partial charge in [0.25, 0.3) is 0 Å². The van der Waals surface area contributed by atoms with Gasteiger partial charge in [-0.2, -0.15) is 0 Å². The zero-order valence-electron chi connectivity index (χ0n) is 16.1. The van der Waals surface area contributed by atoms with Gasteiger partial charge in [0.2, 0.25) is 0 Å². The minimum atomic E-state index is 0.331. The Morgan fingerprint density at radius 1 is 0.920 bits per heavy atom. The fourth-order valence-electron chi connectivity index (χ4n) is 3.04. The maximum atomic E-state index is 5.67. The summed E-state index contributed by atoms with van der Waals surface area (Å²) in [5.74, 6) is 0.962. The molecule has 0 N–H and O–H groups in total. The number of unbranched alkanes of at least 4 members (excludes halogenated alkanes) is 8. The van der Waals surface area contributed by atoms with E-state index in [1.807, 2.05) is 0 Å². The lowest BCUT2D eigenvalue weighted by atomic mass is 10.0. The molecule has 2 rings (SSSR count). The molecule has 0 spiro atoms. The number of epoxide rings is 1. The van der Waals surface area contributed by atoms with Gasteiger partial charge in [0.15, 0.2) is 0 Å². The normalized spacial score (nSPS) is 16.4. The quantitative estimate of drug-likeness (QED) is 0.206. The van der Waals surface area contributed by atoms with Gasteiger partial charge in [-0.05, 0) is 49.8 Å². The van der Waals surface area contributed by atoms with Crippen LogP contribution in [0.25, 0.3) is 0 Å².